The summed E-state index contributed by atoms with van der Waals surface area (Å²) in [6.45, 7) is 3.16. The summed E-state index contributed by atoms with van der Waals surface area (Å²) in [6.07, 6.45) is 6.11. The Balaban J connectivity index is 1.85. The number of nitrogens with one attached hydrogen (secondary N) is 1. The Hall–Kier alpha value is -0.860. The van der Waals surface area contributed by atoms with Gasteiger partial charge in [0, 0.05) is 13.7 Å². The van der Waals surface area contributed by atoms with Gasteiger partial charge in [0.1, 0.15) is 0 Å². The van der Waals surface area contributed by atoms with E-state index < -0.39 is 0 Å². The molecule has 0 saturated carbocycles. The average molecular weight is 235 g/mol. The van der Waals surface area contributed by atoms with Crippen LogP contribution in [0.25, 0.3) is 0 Å². The van der Waals surface area contributed by atoms with Crippen LogP contribution in [-0.4, -0.2) is 26.8 Å². The minimum atomic E-state index is 0.897. The average Bonchev–Trinajstić information content (AvgIpc) is 2.38. The lowest BCUT2D eigenvalue weighted by Gasteiger charge is -2.05. The van der Waals surface area contributed by atoms with E-state index in [2.05, 4.69) is 35.6 Å². The van der Waals surface area contributed by atoms with Gasteiger partial charge in [0.2, 0.25) is 0 Å². The lowest BCUT2D eigenvalue weighted by Crippen LogP contribution is -2.17. The fourth-order valence-corrected chi connectivity index (χ4v) is 1.86. The smallest absolute Gasteiger partial charge is 0.0462 e. The van der Waals surface area contributed by atoms with Crippen LogP contribution in [0, 0.1) is 0 Å². The molecule has 0 aliphatic rings. The molecule has 0 fully saturated rings. The number of ether oxygens (including phenoxy) is 1. The van der Waals surface area contributed by atoms with Crippen LogP contribution >= 0.6 is 0 Å². The van der Waals surface area contributed by atoms with Crippen molar-refractivity contribution in [2.45, 2.75) is 32.1 Å². The Labute approximate surface area is 105 Å². The Morgan fingerprint density at radius 1 is 0.941 bits per heavy atom. The van der Waals surface area contributed by atoms with Crippen LogP contribution in [0.1, 0.15) is 31.2 Å². The van der Waals surface area contributed by atoms with Crippen LogP contribution in [0.2, 0.25) is 0 Å². The van der Waals surface area contributed by atoms with E-state index >= 15 is 0 Å². The summed E-state index contributed by atoms with van der Waals surface area (Å²) in [5, 5.41) is 3.49. The molecule has 0 amide bonds. The summed E-state index contributed by atoms with van der Waals surface area (Å²) in [7, 11) is 1.77. The highest BCUT2D eigenvalue weighted by molar-refractivity contribution is 5.14. The second kappa shape index (κ2) is 10.3. The molecule has 0 unspecified atom stereocenters. The second-order valence-electron chi connectivity index (χ2n) is 4.39. The summed E-state index contributed by atoms with van der Waals surface area (Å²) in [6, 6.07) is 10.7. The van der Waals surface area contributed by atoms with E-state index in [0.29, 0.717) is 0 Å². The normalized spacial score (nSPS) is 10.6. The Bertz CT molecular complexity index is 261. The number of hydrogen-bond donors (Lipinski definition) is 1. The monoisotopic (exact) mass is 235 g/mol. The van der Waals surface area contributed by atoms with Crippen molar-refractivity contribution in [3.05, 3.63) is 35.9 Å². The first-order chi connectivity index (χ1) is 8.43. The van der Waals surface area contributed by atoms with Crippen LogP contribution in [0.4, 0.5) is 0 Å². The zero-order valence-corrected chi connectivity index (χ0v) is 11.0. The van der Waals surface area contributed by atoms with Crippen LogP contribution in [0.3, 0.4) is 0 Å². The zero-order chi connectivity index (χ0) is 12.2. The highest BCUT2D eigenvalue weighted by Crippen LogP contribution is 2.01. The highest BCUT2D eigenvalue weighted by Gasteiger charge is 1.92. The minimum Gasteiger partial charge on any atom is -0.385 e. The Morgan fingerprint density at radius 3 is 2.47 bits per heavy atom. The number of rotatable bonds is 10. The van der Waals surface area contributed by atoms with Gasteiger partial charge >= 0.3 is 0 Å². The fourth-order valence-electron chi connectivity index (χ4n) is 1.86. The number of benzene rings is 1. The lowest BCUT2D eigenvalue weighted by atomic mass is 10.1. The SMILES string of the molecule is COCCCCCNCCCc1ccccc1. The minimum absolute atomic E-state index is 0.897. The molecule has 1 aromatic carbocycles. The van der Waals surface area contributed by atoms with E-state index in [4.69, 9.17) is 4.74 Å². The van der Waals surface area contributed by atoms with E-state index in [1.807, 2.05) is 0 Å². The summed E-state index contributed by atoms with van der Waals surface area (Å²) in [5.74, 6) is 0. The van der Waals surface area contributed by atoms with Crippen molar-refractivity contribution >= 4 is 0 Å². The molecule has 96 valence electrons. The molecule has 1 rings (SSSR count). The molecule has 0 saturated heterocycles. The topological polar surface area (TPSA) is 21.3 Å². The summed E-state index contributed by atoms with van der Waals surface area (Å²) < 4.78 is 5.02. The Morgan fingerprint density at radius 2 is 1.71 bits per heavy atom. The summed E-state index contributed by atoms with van der Waals surface area (Å²) >= 11 is 0. The van der Waals surface area contributed by atoms with E-state index in [0.717, 1.165) is 19.7 Å². The molecular formula is C15H25NO. The van der Waals surface area contributed by atoms with Crippen molar-refractivity contribution in [2.75, 3.05) is 26.8 Å². The van der Waals surface area contributed by atoms with E-state index in [9.17, 15) is 0 Å². The molecule has 0 aliphatic heterocycles. The van der Waals surface area contributed by atoms with Gasteiger partial charge in [-0.15, -0.1) is 0 Å². The maximum Gasteiger partial charge on any atom is 0.0462 e. The number of hydrogen-bond acceptors (Lipinski definition) is 2. The predicted molar refractivity (Wildman–Crippen MR) is 73.4 cm³/mol. The first-order valence-electron chi connectivity index (χ1n) is 6.67. The molecule has 1 N–H and O–H groups in total. The maximum atomic E-state index is 5.02. The van der Waals surface area contributed by atoms with E-state index in [1.165, 1.54) is 37.7 Å². The first-order valence-corrected chi connectivity index (χ1v) is 6.67. The molecule has 0 heterocycles. The van der Waals surface area contributed by atoms with Gasteiger partial charge in [0.25, 0.3) is 0 Å². The third-order valence-electron chi connectivity index (χ3n) is 2.86. The van der Waals surface area contributed by atoms with Gasteiger partial charge in [0.15, 0.2) is 0 Å². The standard InChI is InChI=1S/C15H25NO/c1-17-14-7-3-6-12-16-13-8-11-15-9-4-2-5-10-15/h2,4-5,9-10,16H,3,6-8,11-14H2,1H3. The van der Waals surface area contributed by atoms with E-state index in [1.54, 1.807) is 7.11 Å². The van der Waals surface area contributed by atoms with Crippen molar-refractivity contribution < 1.29 is 4.74 Å². The summed E-state index contributed by atoms with van der Waals surface area (Å²) in [5.41, 5.74) is 1.44. The van der Waals surface area contributed by atoms with Gasteiger partial charge in [-0.1, -0.05) is 30.3 Å². The van der Waals surface area contributed by atoms with E-state index in [-0.39, 0.29) is 0 Å². The number of aryl methyl sites for hydroxylation is 1. The van der Waals surface area contributed by atoms with Gasteiger partial charge in [-0.3, -0.25) is 0 Å². The quantitative estimate of drug-likeness (QED) is 0.629. The first kappa shape index (κ1) is 14.2. The molecule has 0 radical (unpaired) electrons. The van der Waals surface area contributed by atoms with Gasteiger partial charge in [0.05, 0.1) is 0 Å². The molecule has 0 atom stereocenters. The number of methoxy groups -OCH3 is 1. The predicted octanol–water partition coefficient (Wildman–Crippen LogP) is 3.03. The highest BCUT2D eigenvalue weighted by atomic mass is 16.5. The lowest BCUT2D eigenvalue weighted by molar-refractivity contribution is 0.192. The molecule has 0 spiro atoms. The molecule has 2 nitrogen and oxygen atoms in total. The molecule has 0 bridgehead atoms. The van der Waals surface area contributed by atoms with Crippen molar-refractivity contribution in [2.24, 2.45) is 0 Å². The molecule has 0 aromatic heterocycles. The van der Waals surface area contributed by atoms with Crippen molar-refractivity contribution in [1.29, 1.82) is 0 Å². The fraction of sp³-hybridized carbons (Fsp3) is 0.600. The second-order valence-corrected chi connectivity index (χ2v) is 4.39. The third kappa shape index (κ3) is 7.94. The van der Waals surface area contributed by atoms with Gasteiger partial charge in [-0.2, -0.15) is 0 Å². The maximum absolute atomic E-state index is 5.02. The van der Waals surface area contributed by atoms with Gasteiger partial charge in [-0.05, 0) is 50.8 Å². The Kier molecular flexibility index (Phi) is 8.61. The van der Waals surface area contributed by atoms with Crippen molar-refractivity contribution in [3.8, 4) is 0 Å². The molecule has 1 aromatic rings. The molecule has 2 heteroatoms. The van der Waals surface area contributed by atoms with Crippen LogP contribution in [0.5, 0.6) is 0 Å². The van der Waals surface area contributed by atoms with Crippen molar-refractivity contribution in [1.82, 2.24) is 5.32 Å². The van der Waals surface area contributed by atoms with Gasteiger partial charge in [-0.25, -0.2) is 0 Å². The largest absolute Gasteiger partial charge is 0.385 e. The molecule has 0 aliphatic carbocycles. The van der Waals surface area contributed by atoms with Crippen LogP contribution in [-0.2, 0) is 11.2 Å². The number of unbranched alkanes of at least 4 members (excludes halogenated alkanes) is 2. The van der Waals surface area contributed by atoms with Crippen LogP contribution < -0.4 is 5.32 Å². The van der Waals surface area contributed by atoms with Crippen molar-refractivity contribution in [3.63, 3.8) is 0 Å². The molecule has 17 heavy (non-hydrogen) atoms. The summed E-state index contributed by atoms with van der Waals surface area (Å²) in [4.78, 5) is 0. The van der Waals surface area contributed by atoms with Gasteiger partial charge < -0.3 is 10.1 Å². The molecular weight excluding hydrogens is 210 g/mol. The third-order valence-corrected chi connectivity index (χ3v) is 2.86. The zero-order valence-electron chi connectivity index (χ0n) is 11.0. The van der Waals surface area contributed by atoms with Crippen LogP contribution in [0.15, 0.2) is 30.3 Å².